The first-order valence-corrected chi connectivity index (χ1v) is 5.92. The first-order valence-electron chi connectivity index (χ1n) is 5.92. The van der Waals surface area contributed by atoms with E-state index in [0.717, 1.165) is 12.8 Å². The zero-order chi connectivity index (χ0) is 14.2. The van der Waals surface area contributed by atoms with Crippen molar-refractivity contribution < 1.29 is 13.2 Å². The van der Waals surface area contributed by atoms with Gasteiger partial charge in [-0.3, -0.25) is 0 Å². The molecule has 0 saturated heterocycles. The van der Waals surface area contributed by atoms with E-state index in [1.54, 1.807) is 6.07 Å². The van der Waals surface area contributed by atoms with Gasteiger partial charge in [0.05, 0.1) is 6.04 Å². The van der Waals surface area contributed by atoms with Crippen molar-refractivity contribution in [3.05, 3.63) is 5.56 Å². The maximum atomic E-state index is 12.2. The summed E-state index contributed by atoms with van der Waals surface area (Å²) in [4.78, 5) is 0. The third kappa shape index (κ3) is 2.92. The monoisotopic (exact) mass is 273 g/mol. The first kappa shape index (κ1) is 13.5. The van der Waals surface area contributed by atoms with Gasteiger partial charge >= 0.3 is 6.18 Å². The Morgan fingerprint density at radius 2 is 2.21 bits per heavy atom. The largest absolute Gasteiger partial charge is 0.405 e. The summed E-state index contributed by atoms with van der Waals surface area (Å²) in [5.41, 5.74) is 5.75. The van der Waals surface area contributed by atoms with Gasteiger partial charge in [-0.1, -0.05) is 0 Å². The van der Waals surface area contributed by atoms with E-state index in [4.69, 9.17) is 11.0 Å². The molecular formula is C11H14F3N5. The second-order valence-corrected chi connectivity index (χ2v) is 4.71. The van der Waals surface area contributed by atoms with Crippen molar-refractivity contribution in [1.29, 1.82) is 5.26 Å². The summed E-state index contributed by atoms with van der Waals surface area (Å²) >= 11 is 0. The van der Waals surface area contributed by atoms with Crippen LogP contribution in [-0.4, -0.2) is 22.5 Å². The second-order valence-electron chi connectivity index (χ2n) is 4.71. The first-order chi connectivity index (χ1) is 8.83. The lowest BCUT2D eigenvalue weighted by atomic mass is 10.2. The molecule has 0 amide bonds. The Morgan fingerprint density at radius 1 is 1.58 bits per heavy atom. The SMILES string of the molecule is CC(C1CC1)n1nc(NCC(F)(F)F)c(C#N)c1N. The molecule has 0 spiro atoms. The molecule has 0 radical (unpaired) electrons. The molecule has 2 rings (SSSR count). The number of nitrogens with two attached hydrogens (primary N) is 1. The van der Waals surface area contributed by atoms with Crippen LogP contribution in [0.25, 0.3) is 0 Å². The number of rotatable bonds is 4. The summed E-state index contributed by atoms with van der Waals surface area (Å²) in [6, 6.07) is 1.79. The van der Waals surface area contributed by atoms with E-state index in [1.165, 1.54) is 4.68 Å². The second kappa shape index (κ2) is 4.64. The Bertz CT molecular complexity index is 510. The van der Waals surface area contributed by atoms with Gasteiger partial charge in [-0.05, 0) is 25.7 Å². The molecule has 1 saturated carbocycles. The minimum Gasteiger partial charge on any atom is -0.383 e. The summed E-state index contributed by atoms with van der Waals surface area (Å²) in [6.45, 7) is 0.658. The summed E-state index contributed by atoms with van der Waals surface area (Å²) in [5.74, 6) is 0.445. The number of alkyl halides is 3. The quantitative estimate of drug-likeness (QED) is 0.882. The molecule has 5 nitrogen and oxygen atoms in total. The van der Waals surface area contributed by atoms with Crippen molar-refractivity contribution in [2.45, 2.75) is 32.0 Å². The smallest absolute Gasteiger partial charge is 0.383 e. The number of nitriles is 1. The van der Waals surface area contributed by atoms with Crippen LogP contribution in [0.3, 0.4) is 0 Å². The van der Waals surface area contributed by atoms with Crippen molar-refractivity contribution in [2.75, 3.05) is 17.6 Å². The maximum absolute atomic E-state index is 12.2. The topological polar surface area (TPSA) is 79.7 Å². The maximum Gasteiger partial charge on any atom is 0.405 e. The molecule has 1 unspecified atom stereocenters. The number of anilines is 2. The summed E-state index contributed by atoms with van der Waals surface area (Å²) in [6.07, 6.45) is -2.27. The molecule has 0 aliphatic heterocycles. The van der Waals surface area contributed by atoms with Gasteiger partial charge in [-0.15, -0.1) is 0 Å². The Hall–Kier alpha value is -1.91. The van der Waals surface area contributed by atoms with Gasteiger partial charge in [-0.2, -0.15) is 23.5 Å². The fourth-order valence-electron chi connectivity index (χ4n) is 1.95. The van der Waals surface area contributed by atoms with Gasteiger partial charge < -0.3 is 11.1 Å². The Kier molecular flexibility index (Phi) is 3.30. The lowest BCUT2D eigenvalue weighted by molar-refractivity contribution is -0.115. The van der Waals surface area contributed by atoms with E-state index in [0.29, 0.717) is 5.92 Å². The number of hydrogen-bond acceptors (Lipinski definition) is 4. The molecule has 0 bridgehead atoms. The van der Waals surface area contributed by atoms with Gasteiger partial charge in [0.25, 0.3) is 0 Å². The number of halogens is 3. The van der Waals surface area contributed by atoms with Crippen molar-refractivity contribution in [1.82, 2.24) is 9.78 Å². The molecular weight excluding hydrogens is 259 g/mol. The number of aromatic nitrogens is 2. The van der Waals surface area contributed by atoms with E-state index in [-0.39, 0.29) is 23.2 Å². The number of nitrogen functional groups attached to an aromatic ring is 1. The van der Waals surface area contributed by atoms with Crippen LogP contribution in [-0.2, 0) is 0 Å². The van der Waals surface area contributed by atoms with Crippen LogP contribution >= 0.6 is 0 Å². The Morgan fingerprint density at radius 3 is 2.68 bits per heavy atom. The molecule has 19 heavy (non-hydrogen) atoms. The van der Waals surface area contributed by atoms with Crippen LogP contribution in [0.4, 0.5) is 24.8 Å². The minimum atomic E-state index is -4.37. The van der Waals surface area contributed by atoms with Crippen LogP contribution in [0.2, 0.25) is 0 Å². The third-order valence-electron chi connectivity index (χ3n) is 3.21. The summed E-state index contributed by atoms with van der Waals surface area (Å²) in [7, 11) is 0. The summed E-state index contributed by atoms with van der Waals surface area (Å²) < 4.78 is 37.9. The third-order valence-corrected chi connectivity index (χ3v) is 3.21. The Balaban J connectivity index is 2.23. The molecule has 1 fully saturated rings. The molecule has 3 N–H and O–H groups in total. The highest BCUT2D eigenvalue weighted by molar-refractivity contribution is 5.64. The molecule has 1 aromatic heterocycles. The van der Waals surface area contributed by atoms with E-state index >= 15 is 0 Å². The fourth-order valence-corrected chi connectivity index (χ4v) is 1.95. The van der Waals surface area contributed by atoms with Crippen molar-refractivity contribution in [3.63, 3.8) is 0 Å². The average Bonchev–Trinajstić information content (AvgIpc) is 3.10. The molecule has 104 valence electrons. The van der Waals surface area contributed by atoms with E-state index < -0.39 is 12.7 Å². The van der Waals surface area contributed by atoms with E-state index in [9.17, 15) is 13.2 Å². The highest BCUT2D eigenvalue weighted by Gasteiger charge is 2.33. The van der Waals surface area contributed by atoms with Crippen LogP contribution in [0.15, 0.2) is 0 Å². The predicted molar refractivity (Wildman–Crippen MR) is 63.3 cm³/mol. The fraction of sp³-hybridized carbons (Fsp3) is 0.636. The van der Waals surface area contributed by atoms with Crippen molar-refractivity contribution in [3.8, 4) is 6.07 Å². The highest BCUT2D eigenvalue weighted by Crippen LogP contribution is 2.41. The number of hydrogen-bond donors (Lipinski definition) is 2. The van der Waals surface area contributed by atoms with Crippen LogP contribution in [0.1, 0.15) is 31.4 Å². The molecule has 1 aliphatic rings. The molecule has 1 aliphatic carbocycles. The van der Waals surface area contributed by atoms with Crippen molar-refractivity contribution >= 4 is 11.6 Å². The lowest BCUT2D eigenvalue weighted by Gasteiger charge is -2.12. The minimum absolute atomic E-state index is 0.00598. The van der Waals surface area contributed by atoms with Crippen LogP contribution in [0.5, 0.6) is 0 Å². The molecule has 0 aromatic carbocycles. The normalized spacial score (nSPS) is 17.0. The lowest BCUT2D eigenvalue weighted by Crippen LogP contribution is -2.22. The molecule has 1 aromatic rings. The molecule has 8 heteroatoms. The average molecular weight is 273 g/mol. The predicted octanol–water partition coefficient (Wildman–Crippen LogP) is 2.28. The number of nitrogens with zero attached hydrogens (tertiary/aromatic N) is 3. The van der Waals surface area contributed by atoms with Gasteiger partial charge in [0.2, 0.25) is 0 Å². The van der Waals surface area contributed by atoms with Crippen LogP contribution < -0.4 is 11.1 Å². The van der Waals surface area contributed by atoms with E-state index in [1.807, 2.05) is 6.92 Å². The van der Waals surface area contributed by atoms with Gasteiger partial charge in [0, 0.05) is 0 Å². The van der Waals surface area contributed by atoms with E-state index in [2.05, 4.69) is 10.4 Å². The van der Waals surface area contributed by atoms with Gasteiger partial charge in [-0.25, -0.2) is 4.68 Å². The van der Waals surface area contributed by atoms with Crippen molar-refractivity contribution in [2.24, 2.45) is 5.92 Å². The molecule has 1 atom stereocenters. The zero-order valence-corrected chi connectivity index (χ0v) is 10.3. The zero-order valence-electron chi connectivity index (χ0n) is 10.3. The molecule has 1 heterocycles. The van der Waals surface area contributed by atoms with Gasteiger partial charge in [0.1, 0.15) is 24.0 Å². The van der Waals surface area contributed by atoms with Gasteiger partial charge in [0.15, 0.2) is 5.82 Å². The summed E-state index contributed by atoms with van der Waals surface area (Å²) in [5, 5.41) is 15.1. The highest BCUT2D eigenvalue weighted by atomic mass is 19.4. The number of nitrogens with one attached hydrogen (secondary N) is 1. The Labute approximate surface area is 108 Å². The standard InChI is InChI=1S/C11H14F3N5/c1-6(7-2-3-7)19-9(16)8(4-15)10(18-19)17-5-11(12,13)14/h6-7H,2-3,5,16H2,1H3,(H,17,18). The van der Waals surface area contributed by atoms with Crippen LogP contribution in [0, 0.1) is 17.2 Å².